The molecule has 1 fully saturated rings. The van der Waals surface area contributed by atoms with Gasteiger partial charge in [-0.25, -0.2) is 0 Å². The zero-order valence-electron chi connectivity index (χ0n) is 12.3. The van der Waals surface area contributed by atoms with Crippen LogP contribution in [0.1, 0.15) is 32.3 Å². The topological polar surface area (TPSA) is 61.4 Å². The van der Waals surface area contributed by atoms with Gasteiger partial charge in [0.2, 0.25) is 5.91 Å². The molecular weight excluding hydrogens is 252 g/mol. The zero-order valence-corrected chi connectivity index (χ0v) is 12.3. The van der Waals surface area contributed by atoms with Crippen LogP contribution in [0.25, 0.3) is 0 Å². The molecule has 1 atom stereocenters. The molecule has 110 valence electrons. The molecule has 4 nitrogen and oxygen atoms in total. The maximum Gasteiger partial charge on any atom is 0.226 e. The van der Waals surface area contributed by atoms with Gasteiger partial charge in [0, 0.05) is 5.41 Å². The van der Waals surface area contributed by atoms with Crippen molar-refractivity contribution in [2.45, 2.75) is 32.2 Å². The van der Waals surface area contributed by atoms with E-state index in [2.05, 4.69) is 10.6 Å². The number of nitrogens with one attached hydrogen (secondary N) is 2. The van der Waals surface area contributed by atoms with E-state index in [0.717, 1.165) is 31.5 Å². The molecule has 4 heteroatoms. The molecule has 1 aliphatic rings. The maximum absolute atomic E-state index is 12.6. The van der Waals surface area contributed by atoms with Gasteiger partial charge in [-0.2, -0.15) is 0 Å². The summed E-state index contributed by atoms with van der Waals surface area (Å²) in [7, 11) is 0. The molecule has 1 unspecified atom stereocenters. The average Bonchev–Trinajstić information content (AvgIpc) is 2.48. The summed E-state index contributed by atoms with van der Waals surface area (Å²) in [5.41, 5.74) is -0.156. The van der Waals surface area contributed by atoms with Crippen molar-refractivity contribution in [1.82, 2.24) is 10.6 Å². The molecular formula is C16H24N2O2. The van der Waals surface area contributed by atoms with Crippen molar-refractivity contribution >= 4 is 5.91 Å². The minimum absolute atomic E-state index is 0.0272. The number of amides is 1. The van der Waals surface area contributed by atoms with E-state index in [9.17, 15) is 9.90 Å². The van der Waals surface area contributed by atoms with Crippen LogP contribution >= 0.6 is 0 Å². The van der Waals surface area contributed by atoms with Crippen LogP contribution in [0, 0.1) is 5.41 Å². The van der Waals surface area contributed by atoms with Crippen LogP contribution in [0.5, 0.6) is 0 Å². The van der Waals surface area contributed by atoms with Gasteiger partial charge in [-0.1, -0.05) is 37.3 Å². The second-order valence-electron chi connectivity index (χ2n) is 6.12. The molecule has 1 aromatic carbocycles. The van der Waals surface area contributed by atoms with E-state index in [1.54, 1.807) is 0 Å². The summed E-state index contributed by atoms with van der Waals surface area (Å²) in [6, 6.07) is 9.63. The highest BCUT2D eigenvalue weighted by atomic mass is 16.3. The van der Waals surface area contributed by atoms with E-state index < -0.39 is 5.54 Å². The summed E-state index contributed by atoms with van der Waals surface area (Å²) in [5, 5.41) is 16.1. The third-order valence-corrected chi connectivity index (χ3v) is 4.37. The molecule has 0 radical (unpaired) electrons. The predicted octanol–water partition coefficient (Wildman–Crippen LogP) is 1.40. The Hall–Kier alpha value is -1.39. The first-order valence-electron chi connectivity index (χ1n) is 7.20. The molecule has 1 aliphatic heterocycles. The van der Waals surface area contributed by atoms with Gasteiger partial charge in [0.15, 0.2) is 0 Å². The maximum atomic E-state index is 12.6. The molecule has 1 aromatic rings. The monoisotopic (exact) mass is 276 g/mol. The zero-order chi connectivity index (χ0) is 14.6. The molecule has 1 heterocycles. The van der Waals surface area contributed by atoms with E-state index in [4.69, 9.17) is 0 Å². The number of rotatable bonds is 4. The third kappa shape index (κ3) is 3.02. The first kappa shape index (κ1) is 15.0. The van der Waals surface area contributed by atoms with Crippen LogP contribution < -0.4 is 10.6 Å². The first-order chi connectivity index (χ1) is 9.50. The van der Waals surface area contributed by atoms with E-state index in [1.165, 1.54) is 0 Å². The molecule has 0 spiro atoms. The summed E-state index contributed by atoms with van der Waals surface area (Å²) < 4.78 is 0. The van der Waals surface area contributed by atoms with Gasteiger partial charge >= 0.3 is 0 Å². The SMILES string of the molecule is CC1(C(=O)NC(C)(CO)c2ccccc2)CCNCC1. The molecule has 0 aromatic heterocycles. The fraction of sp³-hybridized carbons (Fsp3) is 0.562. The van der Waals surface area contributed by atoms with Gasteiger partial charge in [-0.3, -0.25) is 4.79 Å². The fourth-order valence-electron chi connectivity index (χ4n) is 2.62. The number of aliphatic hydroxyl groups excluding tert-OH is 1. The standard InChI is InChI=1S/C16H24N2O2/c1-15(8-10-17-11-9-15)14(20)18-16(2,12-19)13-6-4-3-5-7-13/h3-7,17,19H,8-12H2,1-2H3,(H,18,20). The fourth-order valence-corrected chi connectivity index (χ4v) is 2.62. The predicted molar refractivity (Wildman–Crippen MR) is 79.2 cm³/mol. The quantitative estimate of drug-likeness (QED) is 0.779. The van der Waals surface area contributed by atoms with Crippen molar-refractivity contribution in [2.75, 3.05) is 19.7 Å². The largest absolute Gasteiger partial charge is 0.394 e. The Labute approximate surface area is 120 Å². The Bertz CT molecular complexity index is 455. The molecule has 3 N–H and O–H groups in total. The highest BCUT2D eigenvalue weighted by molar-refractivity contribution is 5.83. The lowest BCUT2D eigenvalue weighted by Gasteiger charge is -2.37. The number of aliphatic hydroxyl groups is 1. The van der Waals surface area contributed by atoms with Crippen molar-refractivity contribution < 1.29 is 9.90 Å². The summed E-state index contributed by atoms with van der Waals surface area (Å²) in [6.45, 7) is 5.49. The number of benzene rings is 1. The number of carbonyl (C=O) groups is 1. The lowest BCUT2D eigenvalue weighted by Crippen LogP contribution is -2.53. The molecule has 0 aliphatic carbocycles. The first-order valence-corrected chi connectivity index (χ1v) is 7.20. The van der Waals surface area contributed by atoms with Crippen LogP contribution in [0.4, 0.5) is 0 Å². The number of hydrogen-bond acceptors (Lipinski definition) is 3. The lowest BCUT2D eigenvalue weighted by molar-refractivity contribution is -0.134. The van der Waals surface area contributed by atoms with Crippen molar-refractivity contribution in [3.05, 3.63) is 35.9 Å². The van der Waals surface area contributed by atoms with Crippen LogP contribution in [-0.2, 0) is 10.3 Å². The smallest absolute Gasteiger partial charge is 0.226 e. The van der Waals surface area contributed by atoms with Crippen molar-refractivity contribution in [2.24, 2.45) is 5.41 Å². The van der Waals surface area contributed by atoms with Gasteiger partial charge in [-0.05, 0) is 38.4 Å². The summed E-state index contributed by atoms with van der Waals surface area (Å²) in [5.74, 6) is 0.0272. The van der Waals surface area contributed by atoms with Gasteiger partial charge in [0.05, 0.1) is 12.1 Å². The highest BCUT2D eigenvalue weighted by Crippen LogP contribution is 2.30. The van der Waals surface area contributed by atoms with E-state index in [0.29, 0.717) is 0 Å². The number of piperidine rings is 1. The molecule has 0 saturated carbocycles. The van der Waals surface area contributed by atoms with Crippen molar-refractivity contribution in [3.63, 3.8) is 0 Å². The van der Waals surface area contributed by atoms with Gasteiger partial charge in [0.1, 0.15) is 0 Å². The lowest BCUT2D eigenvalue weighted by atomic mass is 9.79. The van der Waals surface area contributed by atoms with Crippen LogP contribution in [0.3, 0.4) is 0 Å². The average molecular weight is 276 g/mol. The highest BCUT2D eigenvalue weighted by Gasteiger charge is 2.38. The van der Waals surface area contributed by atoms with Crippen LogP contribution in [0.15, 0.2) is 30.3 Å². The van der Waals surface area contributed by atoms with E-state index in [1.807, 2.05) is 44.2 Å². The second-order valence-corrected chi connectivity index (χ2v) is 6.12. The van der Waals surface area contributed by atoms with Crippen molar-refractivity contribution in [3.8, 4) is 0 Å². The Kier molecular flexibility index (Phi) is 4.45. The summed E-state index contributed by atoms with van der Waals surface area (Å²) in [6.07, 6.45) is 1.66. The molecule has 1 saturated heterocycles. The van der Waals surface area contributed by atoms with E-state index >= 15 is 0 Å². The Morgan fingerprint density at radius 2 is 1.95 bits per heavy atom. The minimum atomic E-state index is -0.730. The molecule has 1 amide bonds. The summed E-state index contributed by atoms with van der Waals surface area (Å²) in [4.78, 5) is 12.6. The molecule has 20 heavy (non-hydrogen) atoms. The Morgan fingerprint density at radius 3 is 2.50 bits per heavy atom. The third-order valence-electron chi connectivity index (χ3n) is 4.37. The second kappa shape index (κ2) is 5.94. The number of carbonyl (C=O) groups excluding carboxylic acids is 1. The normalized spacial score (nSPS) is 20.9. The summed E-state index contributed by atoms with van der Waals surface area (Å²) >= 11 is 0. The van der Waals surface area contributed by atoms with Crippen LogP contribution in [0.2, 0.25) is 0 Å². The van der Waals surface area contributed by atoms with E-state index in [-0.39, 0.29) is 17.9 Å². The number of hydrogen-bond donors (Lipinski definition) is 3. The van der Waals surface area contributed by atoms with Crippen molar-refractivity contribution in [1.29, 1.82) is 0 Å². The molecule has 0 bridgehead atoms. The minimum Gasteiger partial charge on any atom is -0.394 e. The molecule has 2 rings (SSSR count). The Morgan fingerprint density at radius 1 is 1.35 bits per heavy atom. The van der Waals surface area contributed by atoms with Gasteiger partial charge < -0.3 is 15.7 Å². The van der Waals surface area contributed by atoms with Gasteiger partial charge in [0.25, 0.3) is 0 Å². The van der Waals surface area contributed by atoms with Crippen LogP contribution in [-0.4, -0.2) is 30.7 Å². The van der Waals surface area contributed by atoms with Gasteiger partial charge in [-0.15, -0.1) is 0 Å². The Balaban J connectivity index is 2.15.